The number of rotatable bonds is 2. The Morgan fingerprint density at radius 2 is 1.23 bits per heavy atom. The third kappa shape index (κ3) is 6.60. The average molecular weight is 328 g/mol. The van der Waals surface area contributed by atoms with Crippen molar-refractivity contribution in [3.8, 4) is 5.75 Å². The highest BCUT2D eigenvalue weighted by Crippen LogP contribution is 2.39. The van der Waals surface area contributed by atoms with E-state index in [1.54, 1.807) is 0 Å². The van der Waals surface area contributed by atoms with Crippen molar-refractivity contribution in [2.45, 2.75) is 72.1 Å². The predicted molar refractivity (Wildman–Crippen MR) is 89.2 cm³/mol. The molecule has 0 aromatic heterocycles. The van der Waals surface area contributed by atoms with E-state index in [4.69, 9.17) is 12.6 Å². The van der Waals surface area contributed by atoms with E-state index < -0.39 is 10.6 Å². The first-order chi connectivity index (χ1) is 9.80. The van der Waals surface area contributed by atoms with Crippen LogP contribution in [-0.4, -0.2) is 17.7 Å². The summed E-state index contributed by atoms with van der Waals surface area (Å²) in [6, 6.07) is 4.35. The topological polar surface area (TPSA) is 71.4 Å². The molecule has 0 fully saturated rings. The van der Waals surface area contributed by atoms with Gasteiger partial charge in [-0.15, -0.1) is 12.6 Å². The van der Waals surface area contributed by atoms with Crippen molar-refractivity contribution in [3.63, 3.8) is 0 Å². The van der Waals surface area contributed by atoms with Gasteiger partial charge in [0.15, 0.2) is 0 Å². The zero-order valence-corrected chi connectivity index (χ0v) is 15.5. The fourth-order valence-electron chi connectivity index (χ4n) is 2.27. The Balaban J connectivity index is 0.000000980. The zero-order valence-electron chi connectivity index (χ0n) is 14.6. The fourth-order valence-corrected chi connectivity index (χ4v) is 2.27. The number of hydrogen-bond acceptors (Lipinski definition) is 4. The smallest absolute Gasteiger partial charge is 0.425 e. The van der Waals surface area contributed by atoms with Crippen LogP contribution in [0.25, 0.3) is 0 Å². The first-order valence-corrected chi connectivity index (χ1v) is 8.44. The van der Waals surface area contributed by atoms with Crippen molar-refractivity contribution in [1.29, 1.82) is 0 Å². The number of aromatic hydroxyl groups is 1. The van der Waals surface area contributed by atoms with Crippen LogP contribution in [0.5, 0.6) is 5.75 Å². The summed E-state index contributed by atoms with van der Waals surface area (Å²) in [6.45, 7) is 15.1. The van der Waals surface area contributed by atoms with Gasteiger partial charge in [-0.25, -0.2) is 0 Å². The Labute approximate surface area is 135 Å². The maximum atomic E-state index is 10.6. The second kappa shape index (κ2) is 7.77. The highest BCUT2D eigenvalue weighted by Gasteiger charge is 2.26. The molecule has 0 amide bonds. The van der Waals surface area contributed by atoms with Crippen molar-refractivity contribution in [2.75, 3.05) is 0 Å². The molecule has 4 nitrogen and oxygen atoms in total. The molecule has 1 aromatic rings. The number of aryl methyl sites for hydroxylation is 1. The molecule has 5 heteroatoms. The molecule has 0 spiro atoms. The van der Waals surface area contributed by atoms with Crippen molar-refractivity contribution in [1.82, 2.24) is 0 Å². The maximum absolute atomic E-state index is 10.6. The largest absolute Gasteiger partial charge is 0.507 e. The molecule has 0 heterocycles. The van der Waals surface area contributed by atoms with Gasteiger partial charge in [-0.05, 0) is 33.9 Å². The van der Waals surface area contributed by atoms with E-state index >= 15 is 0 Å². The van der Waals surface area contributed by atoms with E-state index in [0.717, 1.165) is 24.0 Å². The quantitative estimate of drug-likeness (QED) is 0.892. The molecule has 1 aromatic carbocycles. The van der Waals surface area contributed by atoms with Crippen LogP contribution in [0.4, 0.5) is 0 Å². The van der Waals surface area contributed by atoms with Crippen molar-refractivity contribution in [3.05, 3.63) is 28.8 Å². The van der Waals surface area contributed by atoms with E-state index in [0.29, 0.717) is 5.75 Å². The van der Waals surface area contributed by atoms with Crippen LogP contribution in [-0.2, 0) is 27.9 Å². The Bertz CT molecular complexity index is 560. The highest BCUT2D eigenvalue weighted by atomic mass is 32.2. The van der Waals surface area contributed by atoms with Crippen molar-refractivity contribution >= 4 is 10.6 Å². The predicted octanol–water partition coefficient (Wildman–Crippen LogP) is 3.94. The van der Waals surface area contributed by atoms with Gasteiger partial charge in [0, 0.05) is 0 Å². The third-order valence-electron chi connectivity index (χ3n) is 3.32. The summed E-state index contributed by atoms with van der Waals surface area (Å²) in [7, 11) is -3.11. The van der Waals surface area contributed by atoms with Gasteiger partial charge in [0.05, 0.1) is 0 Å². The van der Waals surface area contributed by atoms with Gasteiger partial charge in [-0.2, -0.15) is 0 Å². The molecule has 0 aliphatic heterocycles. The van der Waals surface area contributed by atoms with E-state index in [1.165, 1.54) is 5.56 Å². The molecule has 0 unspecified atom stereocenters. The molecule has 22 heavy (non-hydrogen) atoms. The summed E-state index contributed by atoms with van der Waals surface area (Å²) < 4.78 is 25.3. The summed E-state index contributed by atoms with van der Waals surface area (Å²) in [5.74, 6) is 0.481. The van der Waals surface area contributed by atoms with Crippen LogP contribution in [0, 0.1) is 0 Å². The van der Waals surface area contributed by atoms with Gasteiger partial charge >= 0.3 is 10.6 Å². The minimum Gasteiger partial charge on any atom is -0.507 e. The van der Waals surface area contributed by atoms with Crippen LogP contribution in [0.15, 0.2) is 12.1 Å². The molecule has 0 atom stereocenters. The van der Waals surface area contributed by atoms with Gasteiger partial charge in [-0.1, -0.05) is 67.0 Å². The standard InChI is InChI=1S/C17H28O.O3S/c1-8-9-12-10-13(16(2,3)4)15(18)14(11-12)17(5,6)7;1-4(2)3/h10-11,18H,8-9H2,1-7H3;. The SMILES string of the molecule is CCCc1cc(C(C)(C)C)c(O)c(C(C)(C)C)c1.O=S(=O)=O. The monoisotopic (exact) mass is 328 g/mol. The van der Waals surface area contributed by atoms with E-state index in [1.807, 2.05) is 0 Å². The third-order valence-corrected chi connectivity index (χ3v) is 3.32. The maximum Gasteiger partial charge on any atom is 0.425 e. The lowest BCUT2D eigenvalue weighted by Gasteiger charge is -2.28. The summed E-state index contributed by atoms with van der Waals surface area (Å²) in [5, 5.41) is 10.6. The minimum atomic E-state index is -3.11. The minimum absolute atomic E-state index is 0.0200. The lowest BCUT2D eigenvalue weighted by molar-refractivity contribution is 0.422. The Morgan fingerprint density at radius 3 is 1.45 bits per heavy atom. The van der Waals surface area contributed by atoms with Gasteiger partial charge < -0.3 is 5.11 Å². The molecule has 0 bridgehead atoms. The van der Waals surface area contributed by atoms with E-state index in [9.17, 15) is 5.11 Å². The molecule has 1 rings (SSSR count). The van der Waals surface area contributed by atoms with Crippen LogP contribution in [0.1, 0.15) is 71.6 Å². The fraction of sp³-hybridized carbons (Fsp3) is 0.647. The lowest BCUT2D eigenvalue weighted by Crippen LogP contribution is -2.17. The van der Waals surface area contributed by atoms with Gasteiger partial charge in [0.25, 0.3) is 0 Å². The van der Waals surface area contributed by atoms with Crippen molar-refractivity contribution in [2.24, 2.45) is 0 Å². The van der Waals surface area contributed by atoms with Crippen LogP contribution < -0.4 is 0 Å². The molecule has 126 valence electrons. The molecule has 0 saturated carbocycles. The molecule has 0 aliphatic rings. The zero-order chi connectivity index (χ0) is 17.7. The van der Waals surface area contributed by atoms with Crippen LogP contribution in [0.2, 0.25) is 0 Å². The van der Waals surface area contributed by atoms with E-state index in [-0.39, 0.29) is 10.8 Å². The van der Waals surface area contributed by atoms with Crippen LogP contribution >= 0.6 is 0 Å². The van der Waals surface area contributed by atoms with Gasteiger partial charge in [0.1, 0.15) is 5.75 Å². The summed E-state index contributed by atoms with van der Waals surface area (Å²) in [6.07, 6.45) is 2.21. The number of phenolic OH excluding ortho intramolecular Hbond substituents is 1. The molecule has 0 saturated heterocycles. The molecular weight excluding hydrogens is 300 g/mol. The first-order valence-electron chi connectivity index (χ1n) is 7.44. The van der Waals surface area contributed by atoms with Crippen molar-refractivity contribution < 1.29 is 17.7 Å². The molecule has 0 radical (unpaired) electrons. The molecule has 1 N–H and O–H groups in total. The molecule has 0 aliphatic carbocycles. The number of phenols is 1. The average Bonchev–Trinajstić information content (AvgIpc) is 2.27. The molecular formula is C17H28O4S. The lowest BCUT2D eigenvalue weighted by atomic mass is 9.78. The summed E-state index contributed by atoms with van der Waals surface area (Å²) in [5.41, 5.74) is 3.43. The second-order valence-corrected chi connectivity index (χ2v) is 7.90. The Morgan fingerprint density at radius 1 is 0.909 bits per heavy atom. The summed E-state index contributed by atoms with van der Waals surface area (Å²) in [4.78, 5) is 0. The number of hydrogen-bond donors (Lipinski definition) is 1. The van der Waals surface area contributed by atoms with Gasteiger partial charge in [0.2, 0.25) is 0 Å². The Kier molecular flexibility index (Phi) is 7.29. The van der Waals surface area contributed by atoms with E-state index in [2.05, 4.69) is 60.6 Å². The number of benzene rings is 1. The highest BCUT2D eigenvalue weighted by molar-refractivity contribution is 7.59. The second-order valence-electron chi connectivity index (χ2n) is 7.49. The van der Waals surface area contributed by atoms with Gasteiger partial charge in [-0.3, -0.25) is 0 Å². The first kappa shape index (κ1) is 20.6. The normalized spacial score (nSPS) is 11.6. The summed E-state index contributed by atoms with van der Waals surface area (Å²) >= 11 is 0. The Hall–Kier alpha value is -1.36. The van der Waals surface area contributed by atoms with Crippen LogP contribution in [0.3, 0.4) is 0 Å².